The summed E-state index contributed by atoms with van der Waals surface area (Å²) in [4.78, 5) is 26.4. The van der Waals surface area contributed by atoms with Crippen molar-refractivity contribution < 1.29 is 29.3 Å². The summed E-state index contributed by atoms with van der Waals surface area (Å²) in [6, 6.07) is 36.9. The Bertz CT molecular complexity index is 1410. The Hall–Kier alpha value is -4.10. The molecule has 0 spiro atoms. The zero-order chi connectivity index (χ0) is 28.1. The lowest BCUT2D eigenvalue weighted by atomic mass is 9.64. The van der Waals surface area contributed by atoms with Gasteiger partial charge in [0.15, 0.2) is 29.2 Å². The van der Waals surface area contributed by atoms with E-state index >= 15 is 0 Å². The molecule has 0 amide bonds. The van der Waals surface area contributed by atoms with Crippen LogP contribution in [-0.4, -0.2) is 45.4 Å². The fourth-order valence-corrected chi connectivity index (χ4v) is 5.80. The maximum Gasteiger partial charge on any atom is 0.342 e. The van der Waals surface area contributed by atoms with Crippen molar-refractivity contribution in [1.29, 1.82) is 0 Å². The molecule has 0 aromatic heterocycles. The summed E-state index contributed by atoms with van der Waals surface area (Å²) in [6.07, 6.45) is -1.64. The third kappa shape index (κ3) is 4.97. The second-order valence-electron chi connectivity index (χ2n) is 10.3. The number of rotatable bonds is 11. The van der Waals surface area contributed by atoms with Gasteiger partial charge in [0.2, 0.25) is 0 Å². The summed E-state index contributed by atoms with van der Waals surface area (Å²) >= 11 is 0. The highest BCUT2D eigenvalue weighted by atomic mass is 16.6. The van der Waals surface area contributed by atoms with Crippen LogP contribution < -0.4 is 0 Å². The summed E-state index contributed by atoms with van der Waals surface area (Å²) in [7, 11) is 0. The van der Waals surface area contributed by atoms with Gasteiger partial charge in [-0.1, -0.05) is 121 Å². The van der Waals surface area contributed by atoms with E-state index in [9.17, 15) is 19.8 Å². The molecule has 1 saturated heterocycles. The molecule has 4 atom stereocenters. The Kier molecular flexibility index (Phi) is 7.94. The summed E-state index contributed by atoms with van der Waals surface area (Å²) in [5, 5.41) is 24.1. The van der Waals surface area contributed by atoms with Crippen LogP contribution in [0.5, 0.6) is 0 Å². The number of aldehydes is 1. The quantitative estimate of drug-likeness (QED) is 0.220. The van der Waals surface area contributed by atoms with E-state index in [-0.39, 0.29) is 25.9 Å². The maximum absolute atomic E-state index is 14.0. The molecule has 4 aromatic carbocycles. The van der Waals surface area contributed by atoms with E-state index in [1.165, 1.54) is 0 Å². The normalized spacial score (nSPS) is 24.8. The Labute approximate surface area is 233 Å². The third-order valence-corrected chi connectivity index (χ3v) is 7.81. The second kappa shape index (κ2) is 11.6. The number of benzene rings is 4. The number of hydrogen-bond donors (Lipinski definition) is 2. The van der Waals surface area contributed by atoms with Gasteiger partial charge in [0.1, 0.15) is 0 Å². The zero-order valence-corrected chi connectivity index (χ0v) is 22.1. The van der Waals surface area contributed by atoms with Crippen molar-refractivity contribution in [3.8, 4) is 0 Å². The third-order valence-electron chi connectivity index (χ3n) is 7.81. The molecule has 40 heavy (non-hydrogen) atoms. The lowest BCUT2D eigenvalue weighted by Crippen LogP contribution is -2.71. The molecule has 1 heterocycles. The second-order valence-corrected chi connectivity index (χ2v) is 10.3. The molecule has 5 rings (SSSR count). The summed E-state index contributed by atoms with van der Waals surface area (Å²) in [5.41, 5.74) is -3.14. The van der Waals surface area contributed by atoms with E-state index in [4.69, 9.17) is 9.47 Å². The highest BCUT2D eigenvalue weighted by Crippen LogP contribution is 2.53. The first-order valence-electron chi connectivity index (χ1n) is 13.3. The van der Waals surface area contributed by atoms with Crippen molar-refractivity contribution in [3.05, 3.63) is 144 Å². The maximum atomic E-state index is 14.0. The molecule has 0 bridgehead atoms. The Morgan fingerprint density at radius 2 is 1.10 bits per heavy atom. The molecule has 0 unspecified atom stereocenters. The van der Waals surface area contributed by atoms with Gasteiger partial charge >= 0.3 is 5.97 Å². The van der Waals surface area contributed by atoms with Gasteiger partial charge in [-0.15, -0.1) is 0 Å². The molecule has 6 heteroatoms. The first-order chi connectivity index (χ1) is 19.4. The van der Waals surface area contributed by atoms with Crippen molar-refractivity contribution in [2.24, 2.45) is 0 Å². The predicted octanol–water partition coefficient (Wildman–Crippen LogP) is 4.26. The first kappa shape index (κ1) is 27.5. The van der Waals surface area contributed by atoms with E-state index in [1.807, 2.05) is 121 Å². The molecule has 6 nitrogen and oxygen atoms in total. The van der Waals surface area contributed by atoms with Gasteiger partial charge in [-0.3, -0.25) is 0 Å². The van der Waals surface area contributed by atoms with Gasteiger partial charge < -0.3 is 24.5 Å². The smallest absolute Gasteiger partial charge is 0.342 e. The van der Waals surface area contributed by atoms with Crippen LogP contribution in [0.3, 0.4) is 0 Å². The van der Waals surface area contributed by atoms with E-state index in [1.54, 1.807) is 0 Å². The number of carbonyl (C=O) groups excluding carboxylic acids is 2. The van der Waals surface area contributed by atoms with E-state index in [0.717, 1.165) is 11.1 Å². The van der Waals surface area contributed by atoms with Crippen LogP contribution in [0.2, 0.25) is 0 Å². The fraction of sp³-hybridized carbons (Fsp3) is 0.235. The lowest BCUT2D eigenvalue weighted by Gasteiger charge is -2.49. The first-order valence-corrected chi connectivity index (χ1v) is 13.3. The van der Waals surface area contributed by atoms with Crippen LogP contribution in [0.4, 0.5) is 0 Å². The fourth-order valence-electron chi connectivity index (χ4n) is 5.80. The van der Waals surface area contributed by atoms with Crippen molar-refractivity contribution in [3.63, 3.8) is 0 Å². The van der Waals surface area contributed by atoms with Gasteiger partial charge in [0.25, 0.3) is 0 Å². The minimum Gasteiger partial charge on any atom is -0.450 e. The summed E-state index contributed by atoms with van der Waals surface area (Å²) < 4.78 is 12.8. The Balaban J connectivity index is 1.75. The molecule has 2 N–H and O–H groups in total. The van der Waals surface area contributed by atoms with Crippen LogP contribution in [0.1, 0.15) is 22.3 Å². The van der Waals surface area contributed by atoms with Crippen LogP contribution in [0, 0.1) is 0 Å². The minimum atomic E-state index is -2.25. The largest absolute Gasteiger partial charge is 0.450 e. The van der Waals surface area contributed by atoms with Crippen LogP contribution >= 0.6 is 0 Å². The molecule has 1 fully saturated rings. The van der Waals surface area contributed by atoms with E-state index < -0.39 is 28.9 Å². The molecule has 0 saturated carbocycles. The highest BCUT2D eigenvalue weighted by Gasteiger charge is 2.77. The summed E-state index contributed by atoms with van der Waals surface area (Å²) in [5.74, 6) is -0.947. The lowest BCUT2D eigenvalue weighted by molar-refractivity contribution is -0.233. The number of carbonyl (C=O) groups is 2. The van der Waals surface area contributed by atoms with Crippen LogP contribution in [0.15, 0.2) is 121 Å². The number of ether oxygens (including phenoxy) is 2. The minimum absolute atomic E-state index is 0.00350. The van der Waals surface area contributed by atoms with Crippen LogP contribution in [0.25, 0.3) is 0 Å². The molecule has 0 aliphatic carbocycles. The predicted molar refractivity (Wildman–Crippen MR) is 150 cm³/mol. The van der Waals surface area contributed by atoms with Gasteiger partial charge in [0, 0.05) is 19.3 Å². The van der Waals surface area contributed by atoms with Gasteiger partial charge in [0.05, 0.1) is 6.61 Å². The Morgan fingerprint density at radius 1 is 0.675 bits per heavy atom. The average molecular weight is 537 g/mol. The monoisotopic (exact) mass is 536 g/mol. The van der Waals surface area contributed by atoms with Crippen molar-refractivity contribution in [2.75, 3.05) is 0 Å². The standard InChI is InChI=1S/C34H32O6/c35-24-30(36)33(22-27-15-7-2-8-16-27)34(23-28-17-9-3-10-18-28,39-25-29-19-11-4-12-20-29)32(38,31(37)40-33)21-26-13-5-1-6-14-26/h1-20,24,30,36,38H,21-23,25H2/t30-,32+,33-,34+/m0/s1. The molecule has 1 aliphatic rings. The summed E-state index contributed by atoms with van der Waals surface area (Å²) in [6.45, 7) is 0.00350. The molecule has 1 aliphatic heterocycles. The van der Waals surface area contributed by atoms with Crippen molar-refractivity contribution >= 4 is 12.3 Å². The SMILES string of the molecule is O=C[C@H](O)[C@]1(Cc2ccccc2)OC(=O)[C@](O)(Cc2ccccc2)[C@@]1(Cc1ccccc1)OCc1ccccc1. The average Bonchev–Trinajstić information content (AvgIpc) is 3.16. The molecule has 0 radical (unpaired) electrons. The highest BCUT2D eigenvalue weighted by molar-refractivity contribution is 5.87. The molecule has 204 valence electrons. The number of cyclic esters (lactones) is 1. The topological polar surface area (TPSA) is 93.1 Å². The van der Waals surface area contributed by atoms with Crippen molar-refractivity contribution in [2.45, 2.75) is 48.8 Å². The molecular weight excluding hydrogens is 504 g/mol. The molecule has 4 aromatic rings. The number of esters is 1. The number of hydrogen-bond acceptors (Lipinski definition) is 6. The van der Waals surface area contributed by atoms with Crippen LogP contribution in [-0.2, 0) is 44.9 Å². The van der Waals surface area contributed by atoms with E-state index in [2.05, 4.69) is 0 Å². The van der Waals surface area contributed by atoms with E-state index in [0.29, 0.717) is 17.4 Å². The van der Waals surface area contributed by atoms with Gasteiger partial charge in [-0.2, -0.15) is 0 Å². The van der Waals surface area contributed by atoms with Gasteiger partial charge in [-0.05, 0) is 22.3 Å². The Morgan fingerprint density at radius 3 is 1.57 bits per heavy atom. The number of aliphatic hydroxyl groups excluding tert-OH is 1. The van der Waals surface area contributed by atoms with Crippen molar-refractivity contribution in [1.82, 2.24) is 0 Å². The molecular formula is C34H32O6. The zero-order valence-electron chi connectivity index (χ0n) is 22.1. The number of aliphatic hydroxyl groups is 2. The van der Waals surface area contributed by atoms with Gasteiger partial charge in [-0.25, -0.2) is 4.79 Å².